The fourth-order valence-electron chi connectivity index (χ4n) is 3.23. The fraction of sp³-hybridized carbons (Fsp3) is 0.381. The number of nitrogens with zero attached hydrogens (tertiary/aromatic N) is 1. The predicted molar refractivity (Wildman–Crippen MR) is 115 cm³/mol. The number of nitrogen functional groups attached to an aromatic ring is 1. The van der Waals surface area contributed by atoms with Gasteiger partial charge in [0.05, 0.1) is 23.1 Å². The molecule has 0 fully saturated rings. The molecule has 0 bridgehead atoms. The number of sulfonamides is 1. The lowest BCUT2D eigenvalue weighted by Crippen LogP contribution is -2.50. The lowest BCUT2D eigenvalue weighted by molar-refractivity contribution is 0.0567. The summed E-state index contributed by atoms with van der Waals surface area (Å²) >= 11 is 0. The number of nitrogens with one attached hydrogen (secondary N) is 1. The molecular weight excluding hydrogens is 406 g/mol. The third-order valence-corrected chi connectivity index (χ3v) is 6.53. The molecule has 9 heteroatoms. The standard InChI is InChI=1S/C21H29N3O5S/c1-14(2)13-24(30(28,29)18-11-9-17(22)10-12-18)19(16-7-5-4-6-8-16)20(25)15(3)23-21(26)27/h4-12,14-15,19-20,23,25H,13,22H2,1-3H3,(H,26,27)/t15-,19?,20+/m0/s1. The highest BCUT2D eigenvalue weighted by Gasteiger charge is 2.39. The molecule has 1 unspecified atom stereocenters. The summed E-state index contributed by atoms with van der Waals surface area (Å²) in [5, 5.41) is 22.4. The molecule has 8 nitrogen and oxygen atoms in total. The molecule has 2 aromatic carbocycles. The van der Waals surface area contributed by atoms with Gasteiger partial charge in [-0.05, 0) is 42.7 Å². The topological polar surface area (TPSA) is 133 Å². The maximum absolute atomic E-state index is 13.6. The van der Waals surface area contributed by atoms with Crippen LogP contribution in [0.1, 0.15) is 32.4 Å². The second kappa shape index (κ2) is 9.92. The second-order valence-corrected chi connectivity index (χ2v) is 9.51. The average molecular weight is 436 g/mol. The highest BCUT2D eigenvalue weighted by Crippen LogP contribution is 2.33. The van der Waals surface area contributed by atoms with Gasteiger partial charge in [-0.2, -0.15) is 4.31 Å². The summed E-state index contributed by atoms with van der Waals surface area (Å²) < 4.78 is 28.4. The van der Waals surface area contributed by atoms with Crippen molar-refractivity contribution in [1.29, 1.82) is 0 Å². The van der Waals surface area contributed by atoms with Gasteiger partial charge in [0.1, 0.15) is 0 Å². The van der Waals surface area contributed by atoms with Crippen LogP contribution in [0.4, 0.5) is 10.5 Å². The maximum Gasteiger partial charge on any atom is 0.404 e. The number of aliphatic hydroxyl groups excluding tert-OH is 1. The van der Waals surface area contributed by atoms with Crippen LogP contribution in [0.2, 0.25) is 0 Å². The molecule has 0 saturated carbocycles. The molecule has 2 aromatic rings. The lowest BCUT2D eigenvalue weighted by Gasteiger charge is -2.37. The Morgan fingerprint density at radius 2 is 1.63 bits per heavy atom. The second-order valence-electron chi connectivity index (χ2n) is 7.62. The van der Waals surface area contributed by atoms with Gasteiger partial charge in [0.25, 0.3) is 0 Å². The molecule has 30 heavy (non-hydrogen) atoms. The van der Waals surface area contributed by atoms with Gasteiger partial charge in [-0.25, -0.2) is 13.2 Å². The molecule has 5 N–H and O–H groups in total. The van der Waals surface area contributed by atoms with Crippen molar-refractivity contribution in [3.63, 3.8) is 0 Å². The van der Waals surface area contributed by atoms with E-state index in [-0.39, 0.29) is 17.4 Å². The van der Waals surface area contributed by atoms with Crippen LogP contribution in [0.15, 0.2) is 59.5 Å². The van der Waals surface area contributed by atoms with Gasteiger partial charge in [-0.3, -0.25) is 0 Å². The summed E-state index contributed by atoms with van der Waals surface area (Å²) in [5.74, 6) is -0.0466. The Labute approximate surface area is 177 Å². The SMILES string of the molecule is CC(C)CN(C(c1ccccc1)[C@H](O)[C@H](C)NC(=O)O)S(=O)(=O)c1ccc(N)cc1. The predicted octanol–water partition coefficient (Wildman–Crippen LogP) is 2.67. The number of benzene rings is 2. The number of carbonyl (C=O) groups is 1. The van der Waals surface area contributed by atoms with Crippen molar-refractivity contribution < 1.29 is 23.4 Å². The molecule has 0 radical (unpaired) electrons. The quantitative estimate of drug-likeness (QED) is 0.448. The molecule has 0 aromatic heterocycles. The molecule has 164 valence electrons. The van der Waals surface area contributed by atoms with Gasteiger partial charge >= 0.3 is 6.09 Å². The Kier molecular flexibility index (Phi) is 7.83. The molecule has 0 aliphatic carbocycles. The van der Waals surface area contributed by atoms with Crippen LogP contribution in [-0.4, -0.2) is 47.7 Å². The third-order valence-electron chi connectivity index (χ3n) is 4.67. The van der Waals surface area contributed by atoms with Crippen molar-refractivity contribution >= 4 is 21.8 Å². The lowest BCUT2D eigenvalue weighted by atomic mass is 9.96. The number of amides is 1. The molecule has 0 aliphatic heterocycles. The van der Waals surface area contributed by atoms with Gasteiger partial charge in [0, 0.05) is 12.2 Å². The average Bonchev–Trinajstić information content (AvgIpc) is 2.67. The van der Waals surface area contributed by atoms with Crippen LogP contribution in [-0.2, 0) is 10.0 Å². The van der Waals surface area contributed by atoms with Crippen LogP contribution < -0.4 is 11.1 Å². The molecule has 1 amide bonds. The molecule has 2 rings (SSSR count). The zero-order chi connectivity index (χ0) is 22.5. The molecule has 3 atom stereocenters. The van der Waals surface area contributed by atoms with Gasteiger partial charge in [0.2, 0.25) is 10.0 Å². The Morgan fingerprint density at radius 3 is 2.13 bits per heavy atom. The van der Waals surface area contributed by atoms with Gasteiger partial charge < -0.3 is 21.3 Å². The zero-order valence-electron chi connectivity index (χ0n) is 17.3. The van der Waals surface area contributed by atoms with E-state index in [1.165, 1.54) is 35.5 Å². The van der Waals surface area contributed by atoms with E-state index in [0.29, 0.717) is 11.3 Å². The van der Waals surface area contributed by atoms with Gasteiger partial charge in [-0.15, -0.1) is 0 Å². The van der Waals surface area contributed by atoms with E-state index >= 15 is 0 Å². The maximum atomic E-state index is 13.6. The molecule has 0 spiro atoms. The van der Waals surface area contributed by atoms with Gasteiger partial charge in [-0.1, -0.05) is 44.2 Å². The minimum absolute atomic E-state index is 0.0457. The number of aliphatic hydroxyl groups is 1. The number of hydrogen-bond donors (Lipinski definition) is 4. The van der Waals surface area contributed by atoms with Crippen molar-refractivity contribution in [2.75, 3.05) is 12.3 Å². The van der Waals surface area contributed by atoms with E-state index in [4.69, 9.17) is 10.8 Å². The molecule has 0 aliphatic rings. The number of nitrogens with two attached hydrogens (primary N) is 1. The Morgan fingerprint density at radius 1 is 1.07 bits per heavy atom. The minimum Gasteiger partial charge on any atom is -0.465 e. The first-order valence-corrected chi connectivity index (χ1v) is 11.1. The molecule has 0 saturated heterocycles. The van der Waals surface area contributed by atoms with E-state index in [1.807, 2.05) is 13.8 Å². The van der Waals surface area contributed by atoms with Crippen molar-refractivity contribution in [2.24, 2.45) is 5.92 Å². The van der Waals surface area contributed by atoms with E-state index in [9.17, 15) is 18.3 Å². The Hall–Kier alpha value is -2.62. The first-order valence-electron chi connectivity index (χ1n) is 9.64. The van der Waals surface area contributed by atoms with Crippen molar-refractivity contribution in [1.82, 2.24) is 9.62 Å². The molecular formula is C21H29N3O5S. The van der Waals surface area contributed by atoms with Crippen LogP contribution in [0.3, 0.4) is 0 Å². The van der Waals surface area contributed by atoms with E-state index in [0.717, 1.165) is 0 Å². The summed E-state index contributed by atoms with van der Waals surface area (Å²) in [6.45, 7) is 5.37. The highest BCUT2D eigenvalue weighted by molar-refractivity contribution is 7.89. The van der Waals surface area contributed by atoms with E-state index < -0.39 is 34.3 Å². The summed E-state index contributed by atoms with van der Waals surface area (Å²) in [4.78, 5) is 11.2. The Bertz CT molecular complexity index is 933. The van der Waals surface area contributed by atoms with Crippen LogP contribution in [0, 0.1) is 5.92 Å². The smallest absolute Gasteiger partial charge is 0.404 e. The van der Waals surface area contributed by atoms with Gasteiger partial charge in [0.15, 0.2) is 0 Å². The summed E-state index contributed by atoms with van der Waals surface area (Å²) in [5.41, 5.74) is 6.69. The van der Waals surface area contributed by atoms with Crippen molar-refractivity contribution in [2.45, 2.75) is 43.9 Å². The first kappa shape index (κ1) is 23.7. The Balaban J connectivity index is 2.61. The highest BCUT2D eigenvalue weighted by atomic mass is 32.2. The summed E-state index contributed by atoms with van der Waals surface area (Å²) in [7, 11) is -4.02. The first-order chi connectivity index (χ1) is 14.0. The zero-order valence-corrected chi connectivity index (χ0v) is 18.1. The minimum atomic E-state index is -4.02. The monoisotopic (exact) mass is 435 g/mol. The number of carboxylic acid groups (broad SMARTS) is 1. The number of rotatable bonds is 9. The normalized spacial score (nSPS) is 15.0. The van der Waals surface area contributed by atoms with E-state index in [1.54, 1.807) is 30.3 Å². The summed E-state index contributed by atoms with van der Waals surface area (Å²) in [6, 6.07) is 12.6. The van der Waals surface area contributed by atoms with E-state index in [2.05, 4.69) is 5.32 Å². The van der Waals surface area contributed by atoms with Crippen molar-refractivity contribution in [3.8, 4) is 0 Å². The third kappa shape index (κ3) is 5.71. The van der Waals surface area contributed by atoms with Crippen molar-refractivity contribution in [3.05, 3.63) is 60.2 Å². The number of anilines is 1. The van der Waals surface area contributed by atoms with Crippen LogP contribution in [0.5, 0.6) is 0 Å². The van der Waals surface area contributed by atoms with Crippen LogP contribution in [0.25, 0.3) is 0 Å². The number of hydrogen-bond acceptors (Lipinski definition) is 5. The largest absolute Gasteiger partial charge is 0.465 e. The molecule has 0 heterocycles. The summed E-state index contributed by atoms with van der Waals surface area (Å²) in [6.07, 6.45) is -2.63. The van der Waals surface area contributed by atoms with Crippen LogP contribution >= 0.6 is 0 Å². The fourth-order valence-corrected chi connectivity index (χ4v) is 5.02.